The standard InChI is InChI=1S/C8H17NO3S/c10-13(11)12-8-4-7-9-5-2-1-3-6-9/h1-8H2,(H,10,11). The SMILES string of the molecule is O=S(O)OCCCN1CCCCC1. The molecule has 0 aromatic heterocycles. The van der Waals surface area contributed by atoms with E-state index in [9.17, 15) is 4.21 Å². The number of piperidine rings is 1. The van der Waals surface area contributed by atoms with Crippen LogP contribution in [-0.2, 0) is 15.5 Å². The Hall–Kier alpha value is 0.0300. The smallest absolute Gasteiger partial charge is 0.301 e. The number of hydrogen-bond donors (Lipinski definition) is 1. The number of hydrogen-bond acceptors (Lipinski definition) is 3. The van der Waals surface area contributed by atoms with Crippen molar-refractivity contribution in [2.24, 2.45) is 0 Å². The van der Waals surface area contributed by atoms with Crippen molar-refractivity contribution >= 4 is 11.4 Å². The van der Waals surface area contributed by atoms with Crippen molar-refractivity contribution in [2.75, 3.05) is 26.2 Å². The molecule has 0 aromatic carbocycles. The van der Waals surface area contributed by atoms with Crippen LogP contribution >= 0.6 is 0 Å². The molecular weight excluding hydrogens is 190 g/mol. The van der Waals surface area contributed by atoms with Crippen molar-refractivity contribution in [1.29, 1.82) is 0 Å². The molecule has 0 aromatic rings. The van der Waals surface area contributed by atoms with Gasteiger partial charge in [-0.3, -0.25) is 8.74 Å². The maximum absolute atomic E-state index is 10.1. The summed E-state index contributed by atoms with van der Waals surface area (Å²) in [5.41, 5.74) is 0. The van der Waals surface area contributed by atoms with Crippen molar-refractivity contribution in [2.45, 2.75) is 25.7 Å². The van der Waals surface area contributed by atoms with Crippen LogP contribution in [0.25, 0.3) is 0 Å². The second-order valence-corrected chi connectivity index (χ2v) is 3.96. The van der Waals surface area contributed by atoms with E-state index in [-0.39, 0.29) is 0 Å². The second-order valence-electron chi connectivity index (χ2n) is 3.29. The molecule has 78 valence electrons. The number of rotatable bonds is 5. The molecule has 1 fully saturated rings. The molecule has 1 rings (SSSR count). The van der Waals surface area contributed by atoms with Gasteiger partial charge in [0.25, 0.3) is 0 Å². The van der Waals surface area contributed by atoms with Crippen LogP contribution in [0.3, 0.4) is 0 Å². The van der Waals surface area contributed by atoms with Gasteiger partial charge < -0.3 is 4.90 Å². The van der Waals surface area contributed by atoms with Crippen molar-refractivity contribution in [3.05, 3.63) is 0 Å². The zero-order valence-corrected chi connectivity index (χ0v) is 8.59. The Balaban J connectivity index is 1.95. The topological polar surface area (TPSA) is 49.8 Å². The van der Waals surface area contributed by atoms with E-state index < -0.39 is 11.4 Å². The molecule has 1 saturated heterocycles. The fourth-order valence-corrected chi connectivity index (χ4v) is 1.86. The van der Waals surface area contributed by atoms with Gasteiger partial charge >= 0.3 is 11.4 Å². The van der Waals surface area contributed by atoms with Gasteiger partial charge in [0.05, 0.1) is 6.61 Å². The molecule has 0 radical (unpaired) electrons. The fourth-order valence-electron chi connectivity index (χ4n) is 1.60. The highest BCUT2D eigenvalue weighted by molar-refractivity contribution is 7.74. The predicted octanol–water partition coefficient (Wildman–Crippen LogP) is 1.02. The van der Waals surface area contributed by atoms with E-state index in [0.717, 1.165) is 13.0 Å². The van der Waals surface area contributed by atoms with Crippen molar-refractivity contribution < 1.29 is 12.9 Å². The van der Waals surface area contributed by atoms with E-state index in [1.165, 1.54) is 32.4 Å². The molecule has 13 heavy (non-hydrogen) atoms. The molecule has 1 heterocycles. The molecule has 5 heteroatoms. The van der Waals surface area contributed by atoms with Crippen LogP contribution in [-0.4, -0.2) is 39.9 Å². The summed E-state index contributed by atoms with van der Waals surface area (Å²) in [6, 6.07) is 0. The minimum absolute atomic E-state index is 0.375. The summed E-state index contributed by atoms with van der Waals surface area (Å²) in [7, 11) is 0. The predicted molar refractivity (Wildman–Crippen MR) is 51.6 cm³/mol. The lowest BCUT2D eigenvalue weighted by Gasteiger charge is -2.25. The summed E-state index contributed by atoms with van der Waals surface area (Å²) in [6.07, 6.45) is 4.75. The summed E-state index contributed by atoms with van der Waals surface area (Å²) >= 11 is -2.09. The van der Waals surface area contributed by atoms with Crippen molar-refractivity contribution in [1.82, 2.24) is 4.90 Å². The number of nitrogens with zero attached hydrogens (tertiary/aromatic N) is 1. The highest BCUT2D eigenvalue weighted by Crippen LogP contribution is 2.08. The average molecular weight is 207 g/mol. The van der Waals surface area contributed by atoms with Gasteiger partial charge in [-0.05, 0) is 32.4 Å². The van der Waals surface area contributed by atoms with Crippen LogP contribution in [0.5, 0.6) is 0 Å². The molecule has 1 atom stereocenters. The normalized spacial score (nSPS) is 21.6. The molecule has 1 N–H and O–H groups in total. The van der Waals surface area contributed by atoms with Crippen LogP contribution in [0.4, 0.5) is 0 Å². The minimum atomic E-state index is -2.09. The minimum Gasteiger partial charge on any atom is -0.303 e. The fraction of sp³-hybridized carbons (Fsp3) is 1.00. The van der Waals surface area contributed by atoms with Gasteiger partial charge in [-0.2, -0.15) is 4.21 Å². The van der Waals surface area contributed by atoms with Gasteiger partial charge in [0.15, 0.2) is 0 Å². The third-order valence-electron chi connectivity index (χ3n) is 2.25. The first-order valence-electron chi connectivity index (χ1n) is 4.75. The third kappa shape index (κ3) is 5.36. The highest BCUT2D eigenvalue weighted by Gasteiger charge is 2.08. The quantitative estimate of drug-likeness (QED) is 0.540. The van der Waals surface area contributed by atoms with E-state index in [1.54, 1.807) is 0 Å². The first-order chi connectivity index (χ1) is 6.29. The Morgan fingerprint density at radius 2 is 2.00 bits per heavy atom. The van der Waals surface area contributed by atoms with Crippen LogP contribution < -0.4 is 0 Å². The molecule has 1 aliphatic rings. The van der Waals surface area contributed by atoms with Gasteiger partial charge in [0, 0.05) is 6.54 Å². The van der Waals surface area contributed by atoms with E-state index in [4.69, 9.17) is 4.55 Å². The molecule has 0 aliphatic carbocycles. The first kappa shape index (κ1) is 11.1. The van der Waals surface area contributed by atoms with Crippen LogP contribution in [0, 0.1) is 0 Å². The lowest BCUT2D eigenvalue weighted by molar-refractivity contribution is 0.205. The maximum Gasteiger partial charge on any atom is 0.301 e. The zero-order chi connectivity index (χ0) is 9.52. The van der Waals surface area contributed by atoms with Crippen molar-refractivity contribution in [3.63, 3.8) is 0 Å². The third-order valence-corrected chi connectivity index (χ3v) is 2.62. The first-order valence-corrected chi connectivity index (χ1v) is 5.79. The Kier molecular flexibility index (Phi) is 5.54. The Morgan fingerprint density at radius 3 is 2.62 bits per heavy atom. The summed E-state index contributed by atoms with van der Waals surface area (Å²) in [5, 5.41) is 0. The van der Waals surface area contributed by atoms with Gasteiger partial charge in [-0.15, -0.1) is 0 Å². The second kappa shape index (κ2) is 6.48. The molecule has 4 nitrogen and oxygen atoms in total. The highest BCUT2D eigenvalue weighted by atomic mass is 32.2. The van der Waals surface area contributed by atoms with Crippen molar-refractivity contribution in [3.8, 4) is 0 Å². The average Bonchev–Trinajstić information content (AvgIpc) is 2.14. The van der Waals surface area contributed by atoms with Crippen LogP contribution in [0.2, 0.25) is 0 Å². The van der Waals surface area contributed by atoms with Crippen LogP contribution in [0.1, 0.15) is 25.7 Å². The molecule has 0 amide bonds. The summed E-state index contributed by atoms with van der Waals surface area (Å²) in [5.74, 6) is 0. The zero-order valence-electron chi connectivity index (χ0n) is 7.78. The molecule has 0 bridgehead atoms. The van der Waals surface area contributed by atoms with Gasteiger partial charge in [-0.25, -0.2) is 0 Å². The summed E-state index contributed by atoms with van der Waals surface area (Å²) in [4.78, 5) is 2.38. The largest absolute Gasteiger partial charge is 0.303 e. The van der Waals surface area contributed by atoms with Gasteiger partial charge in [0.1, 0.15) is 0 Å². The maximum atomic E-state index is 10.1. The van der Waals surface area contributed by atoms with Gasteiger partial charge in [0.2, 0.25) is 0 Å². The lowest BCUT2D eigenvalue weighted by atomic mass is 10.1. The summed E-state index contributed by atoms with van der Waals surface area (Å²) in [6.45, 7) is 3.70. The van der Waals surface area contributed by atoms with Crippen LogP contribution in [0.15, 0.2) is 0 Å². The lowest BCUT2D eigenvalue weighted by Crippen LogP contribution is -2.31. The molecule has 0 saturated carbocycles. The monoisotopic (exact) mass is 207 g/mol. The molecule has 1 unspecified atom stereocenters. The Labute approximate surface area is 81.7 Å². The Morgan fingerprint density at radius 1 is 1.31 bits per heavy atom. The van der Waals surface area contributed by atoms with E-state index >= 15 is 0 Å². The Bertz CT molecular complexity index is 159. The number of likely N-dealkylation sites (tertiary alicyclic amines) is 1. The summed E-state index contributed by atoms with van der Waals surface area (Å²) < 4.78 is 23.0. The van der Waals surface area contributed by atoms with E-state index in [2.05, 4.69) is 9.08 Å². The van der Waals surface area contributed by atoms with E-state index in [1.807, 2.05) is 0 Å². The molecule has 1 aliphatic heterocycles. The van der Waals surface area contributed by atoms with Gasteiger partial charge in [-0.1, -0.05) is 6.42 Å². The molecule has 0 spiro atoms. The molecular formula is C8H17NO3S. The van der Waals surface area contributed by atoms with E-state index in [0.29, 0.717) is 6.61 Å².